The van der Waals surface area contributed by atoms with Crippen LogP contribution in [0.2, 0.25) is 0 Å². The summed E-state index contributed by atoms with van der Waals surface area (Å²) in [5, 5.41) is 11.7. The summed E-state index contributed by atoms with van der Waals surface area (Å²) in [4.78, 5) is 17.2. The topological polar surface area (TPSA) is 76.4 Å². The molecule has 0 spiro atoms. The quantitative estimate of drug-likeness (QED) is 0.627. The van der Waals surface area contributed by atoms with Crippen molar-refractivity contribution in [1.82, 2.24) is 25.1 Å². The fraction of sp³-hybridized carbons (Fsp3) is 0.364. The van der Waals surface area contributed by atoms with Gasteiger partial charge in [0.15, 0.2) is 5.82 Å². The van der Waals surface area contributed by atoms with Gasteiger partial charge in [0.1, 0.15) is 12.4 Å². The number of hydrogen-bond donors (Lipinski definition) is 0. The second kappa shape index (κ2) is 8.94. The van der Waals surface area contributed by atoms with E-state index < -0.39 is 0 Å². The Bertz CT molecular complexity index is 980. The van der Waals surface area contributed by atoms with Crippen molar-refractivity contribution in [2.75, 3.05) is 31.1 Å². The highest BCUT2D eigenvalue weighted by molar-refractivity contribution is 5.94. The first-order chi connectivity index (χ1) is 14.6. The summed E-state index contributed by atoms with van der Waals surface area (Å²) in [6.45, 7) is 7.31. The molecule has 8 heteroatoms. The number of anilines is 1. The molecule has 156 valence electrons. The van der Waals surface area contributed by atoms with E-state index in [1.165, 1.54) is 5.69 Å². The summed E-state index contributed by atoms with van der Waals surface area (Å²) in [5.74, 6) is 1.31. The number of rotatable bonds is 6. The summed E-state index contributed by atoms with van der Waals surface area (Å²) in [6.07, 6.45) is 0. The average molecular weight is 406 g/mol. The fourth-order valence-electron chi connectivity index (χ4n) is 3.56. The molecule has 0 unspecified atom stereocenters. The molecule has 1 aliphatic heterocycles. The zero-order valence-corrected chi connectivity index (χ0v) is 17.3. The maximum absolute atomic E-state index is 13.0. The molecule has 1 fully saturated rings. The van der Waals surface area contributed by atoms with E-state index in [0.29, 0.717) is 30.2 Å². The Balaban J connectivity index is 1.36. The average Bonchev–Trinajstić information content (AvgIpc) is 3.27. The van der Waals surface area contributed by atoms with Gasteiger partial charge in [0.25, 0.3) is 5.91 Å². The van der Waals surface area contributed by atoms with Crippen molar-refractivity contribution >= 4 is 11.6 Å². The van der Waals surface area contributed by atoms with Crippen molar-refractivity contribution in [1.29, 1.82) is 0 Å². The third-order valence-corrected chi connectivity index (χ3v) is 5.19. The maximum atomic E-state index is 13.0. The van der Waals surface area contributed by atoms with Crippen LogP contribution in [0.1, 0.15) is 36.1 Å². The van der Waals surface area contributed by atoms with Crippen molar-refractivity contribution in [3.63, 3.8) is 0 Å². The minimum absolute atomic E-state index is 0.0279. The van der Waals surface area contributed by atoms with E-state index in [1.807, 2.05) is 55.1 Å². The van der Waals surface area contributed by atoms with E-state index in [1.54, 1.807) is 10.7 Å². The van der Waals surface area contributed by atoms with Gasteiger partial charge in [0.2, 0.25) is 0 Å². The number of carbonyl (C=O) groups is 1. The predicted molar refractivity (Wildman–Crippen MR) is 114 cm³/mol. The van der Waals surface area contributed by atoms with Crippen LogP contribution in [0.5, 0.6) is 5.75 Å². The van der Waals surface area contributed by atoms with Crippen LogP contribution >= 0.6 is 0 Å². The molecule has 1 saturated heterocycles. The summed E-state index contributed by atoms with van der Waals surface area (Å²) in [5.41, 5.74) is 1.83. The van der Waals surface area contributed by atoms with Crippen LogP contribution in [-0.2, 0) is 6.61 Å². The van der Waals surface area contributed by atoms with Crippen LogP contribution in [0.3, 0.4) is 0 Å². The van der Waals surface area contributed by atoms with E-state index in [4.69, 9.17) is 4.74 Å². The van der Waals surface area contributed by atoms with E-state index in [-0.39, 0.29) is 18.6 Å². The normalized spacial score (nSPS) is 14.2. The van der Waals surface area contributed by atoms with Crippen LogP contribution in [0.4, 0.5) is 5.69 Å². The van der Waals surface area contributed by atoms with E-state index in [2.05, 4.69) is 32.6 Å². The summed E-state index contributed by atoms with van der Waals surface area (Å²) >= 11 is 0. The highest BCUT2D eigenvalue weighted by atomic mass is 16.5. The second-order valence-corrected chi connectivity index (χ2v) is 7.56. The lowest BCUT2D eigenvalue weighted by Crippen LogP contribution is -2.48. The van der Waals surface area contributed by atoms with Gasteiger partial charge in [0, 0.05) is 37.4 Å². The lowest BCUT2D eigenvalue weighted by atomic mass is 10.1. The SMILES string of the molecule is CC(C)n1nnnc1COc1cccc(C(=O)N2CCN(c3ccccc3)CC2)c1. The smallest absolute Gasteiger partial charge is 0.254 e. The molecule has 4 rings (SSSR count). The minimum atomic E-state index is 0.0279. The molecule has 30 heavy (non-hydrogen) atoms. The lowest BCUT2D eigenvalue weighted by molar-refractivity contribution is 0.0746. The number of para-hydroxylation sites is 1. The zero-order chi connectivity index (χ0) is 20.9. The molecule has 0 atom stereocenters. The van der Waals surface area contributed by atoms with Gasteiger partial charge >= 0.3 is 0 Å². The molecule has 0 N–H and O–H groups in total. The number of ether oxygens (including phenoxy) is 1. The lowest BCUT2D eigenvalue weighted by Gasteiger charge is -2.36. The summed E-state index contributed by atoms with van der Waals surface area (Å²) < 4.78 is 7.58. The molecule has 2 aromatic carbocycles. The largest absolute Gasteiger partial charge is 0.486 e. The number of carbonyl (C=O) groups excluding carboxylic acids is 1. The Labute approximate surface area is 176 Å². The highest BCUT2D eigenvalue weighted by Gasteiger charge is 2.22. The van der Waals surface area contributed by atoms with Gasteiger partial charge in [-0.2, -0.15) is 0 Å². The van der Waals surface area contributed by atoms with Crippen molar-refractivity contribution < 1.29 is 9.53 Å². The van der Waals surface area contributed by atoms with E-state index >= 15 is 0 Å². The number of benzene rings is 2. The molecular formula is C22H26N6O2. The first-order valence-corrected chi connectivity index (χ1v) is 10.2. The Morgan fingerprint density at radius 1 is 1.03 bits per heavy atom. The van der Waals surface area contributed by atoms with Crippen molar-refractivity contribution in [2.45, 2.75) is 26.5 Å². The molecule has 1 amide bonds. The predicted octanol–water partition coefficient (Wildman–Crippen LogP) is 2.80. The molecule has 1 aromatic heterocycles. The van der Waals surface area contributed by atoms with Crippen LogP contribution < -0.4 is 9.64 Å². The third-order valence-electron chi connectivity index (χ3n) is 5.19. The first-order valence-electron chi connectivity index (χ1n) is 10.2. The van der Waals surface area contributed by atoms with Gasteiger partial charge in [-0.1, -0.05) is 24.3 Å². The summed E-state index contributed by atoms with van der Waals surface area (Å²) in [7, 11) is 0. The number of hydrogen-bond acceptors (Lipinski definition) is 6. The Morgan fingerprint density at radius 2 is 1.80 bits per heavy atom. The van der Waals surface area contributed by atoms with Gasteiger partial charge in [-0.15, -0.1) is 5.10 Å². The van der Waals surface area contributed by atoms with Crippen molar-refractivity contribution in [2.24, 2.45) is 0 Å². The monoisotopic (exact) mass is 406 g/mol. The van der Waals surface area contributed by atoms with Gasteiger partial charge in [-0.05, 0) is 54.6 Å². The molecule has 1 aliphatic rings. The molecule has 2 heterocycles. The Morgan fingerprint density at radius 3 is 2.53 bits per heavy atom. The molecule has 0 saturated carbocycles. The third kappa shape index (κ3) is 4.42. The minimum Gasteiger partial charge on any atom is -0.486 e. The summed E-state index contributed by atoms with van der Waals surface area (Å²) in [6, 6.07) is 17.8. The maximum Gasteiger partial charge on any atom is 0.254 e. The Hall–Kier alpha value is -3.42. The van der Waals surface area contributed by atoms with Crippen molar-refractivity contribution in [3.8, 4) is 5.75 Å². The molecule has 0 bridgehead atoms. The van der Waals surface area contributed by atoms with Gasteiger partial charge < -0.3 is 14.5 Å². The van der Waals surface area contributed by atoms with E-state index in [0.717, 1.165) is 13.1 Å². The number of aromatic nitrogens is 4. The molecule has 3 aromatic rings. The first kappa shape index (κ1) is 19.9. The molecule has 0 radical (unpaired) electrons. The molecule has 0 aliphatic carbocycles. The second-order valence-electron chi connectivity index (χ2n) is 7.56. The number of amides is 1. The van der Waals surface area contributed by atoms with Crippen LogP contribution in [-0.4, -0.2) is 57.2 Å². The number of nitrogens with zero attached hydrogens (tertiary/aromatic N) is 6. The van der Waals surface area contributed by atoms with Crippen LogP contribution in [0.25, 0.3) is 0 Å². The fourth-order valence-corrected chi connectivity index (χ4v) is 3.56. The van der Waals surface area contributed by atoms with Gasteiger partial charge in [0.05, 0.1) is 6.04 Å². The van der Waals surface area contributed by atoms with Crippen LogP contribution in [0, 0.1) is 0 Å². The van der Waals surface area contributed by atoms with Gasteiger partial charge in [-0.3, -0.25) is 4.79 Å². The standard InChI is InChI=1S/C22H26N6O2/c1-17(2)28-21(23-24-25-28)16-30-20-10-6-7-18(15-20)22(29)27-13-11-26(12-14-27)19-8-4-3-5-9-19/h3-10,15,17H,11-14,16H2,1-2H3. The highest BCUT2D eigenvalue weighted by Crippen LogP contribution is 2.19. The molecular weight excluding hydrogens is 380 g/mol. The zero-order valence-electron chi connectivity index (χ0n) is 17.3. The van der Waals surface area contributed by atoms with Crippen LogP contribution in [0.15, 0.2) is 54.6 Å². The molecule has 8 nitrogen and oxygen atoms in total. The number of tetrazole rings is 1. The van der Waals surface area contributed by atoms with Gasteiger partial charge in [-0.25, -0.2) is 4.68 Å². The number of piperazine rings is 1. The van der Waals surface area contributed by atoms with E-state index in [9.17, 15) is 4.79 Å². The Kier molecular flexibility index (Phi) is 5.92. The van der Waals surface area contributed by atoms with Crippen molar-refractivity contribution in [3.05, 3.63) is 66.0 Å².